The van der Waals surface area contributed by atoms with E-state index < -0.39 is 0 Å². The van der Waals surface area contributed by atoms with Crippen molar-refractivity contribution in [2.24, 2.45) is 0 Å². The van der Waals surface area contributed by atoms with Crippen LogP contribution >= 0.6 is 0 Å². The number of hydrogen-bond donors (Lipinski definition) is 0. The molecule has 7 nitrogen and oxygen atoms in total. The molecule has 1 aliphatic heterocycles. The van der Waals surface area contributed by atoms with Gasteiger partial charge < -0.3 is 14.2 Å². The van der Waals surface area contributed by atoms with Crippen molar-refractivity contribution in [3.63, 3.8) is 0 Å². The number of amides is 1. The summed E-state index contributed by atoms with van der Waals surface area (Å²) in [5, 5.41) is 8.96. The minimum absolute atomic E-state index is 0.000911. The Morgan fingerprint density at radius 2 is 2.11 bits per heavy atom. The first-order chi connectivity index (χ1) is 13.7. The molecule has 1 unspecified atom stereocenters. The van der Waals surface area contributed by atoms with E-state index in [1.54, 1.807) is 35.8 Å². The minimum Gasteiger partial charge on any atom is -0.472 e. The molecule has 1 aromatic carbocycles. The zero-order valence-corrected chi connectivity index (χ0v) is 15.2. The predicted octanol–water partition coefficient (Wildman–Crippen LogP) is 2.49. The molecule has 0 bridgehead atoms. The van der Waals surface area contributed by atoms with Gasteiger partial charge in [-0.15, -0.1) is 0 Å². The first kappa shape index (κ1) is 17.7. The standard InChI is InChI=1S/C21H19N5O2/c22-12-17-5-7-24-20(11-17)28-19-6-9-26(14-19)21(27)18-3-1-16(2-4-18)13-25-10-8-23-15-25/h1-5,7-8,10-11,15,19H,6,9,13-14H2. The third kappa shape index (κ3) is 4.01. The van der Waals surface area contributed by atoms with E-state index in [1.165, 1.54) is 0 Å². The molecule has 1 saturated heterocycles. The lowest BCUT2D eigenvalue weighted by atomic mass is 10.1. The van der Waals surface area contributed by atoms with Gasteiger partial charge in [0.15, 0.2) is 0 Å². The summed E-state index contributed by atoms with van der Waals surface area (Å²) < 4.78 is 7.83. The topological polar surface area (TPSA) is 84.0 Å². The number of nitrogens with zero attached hydrogens (tertiary/aromatic N) is 5. The Morgan fingerprint density at radius 3 is 2.86 bits per heavy atom. The lowest BCUT2D eigenvalue weighted by molar-refractivity contribution is 0.0771. The van der Waals surface area contributed by atoms with Gasteiger partial charge in [-0.3, -0.25) is 4.79 Å². The number of carbonyl (C=O) groups is 1. The van der Waals surface area contributed by atoms with Crippen molar-refractivity contribution in [2.45, 2.75) is 19.1 Å². The van der Waals surface area contributed by atoms with E-state index in [-0.39, 0.29) is 12.0 Å². The molecule has 4 rings (SSSR count). The highest BCUT2D eigenvalue weighted by Crippen LogP contribution is 2.19. The summed E-state index contributed by atoms with van der Waals surface area (Å²) in [5.41, 5.74) is 2.28. The second-order valence-corrected chi connectivity index (χ2v) is 6.71. The van der Waals surface area contributed by atoms with Crippen LogP contribution in [-0.2, 0) is 6.54 Å². The van der Waals surface area contributed by atoms with Crippen LogP contribution in [0.15, 0.2) is 61.3 Å². The fraction of sp³-hybridized carbons (Fsp3) is 0.238. The average molecular weight is 373 g/mol. The molecule has 0 spiro atoms. The number of pyridine rings is 1. The van der Waals surface area contributed by atoms with Gasteiger partial charge in [0.25, 0.3) is 5.91 Å². The van der Waals surface area contributed by atoms with Gasteiger partial charge in [0.1, 0.15) is 6.10 Å². The monoisotopic (exact) mass is 373 g/mol. The average Bonchev–Trinajstić information content (AvgIpc) is 3.40. The largest absolute Gasteiger partial charge is 0.472 e. The van der Waals surface area contributed by atoms with Crippen LogP contribution in [-0.4, -0.2) is 44.5 Å². The van der Waals surface area contributed by atoms with E-state index in [1.807, 2.05) is 35.0 Å². The van der Waals surface area contributed by atoms with E-state index in [9.17, 15) is 4.79 Å². The number of aromatic nitrogens is 3. The Labute approximate surface area is 162 Å². The molecule has 0 aliphatic carbocycles. The zero-order chi connectivity index (χ0) is 19.3. The lowest BCUT2D eigenvalue weighted by Gasteiger charge is -2.17. The van der Waals surface area contributed by atoms with Gasteiger partial charge >= 0.3 is 0 Å². The van der Waals surface area contributed by atoms with Crippen LogP contribution in [0, 0.1) is 11.3 Å². The first-order valence-corrected chi connectivity index (χ1v) is 9.08. The third-order valence-electron chi connectivity index (χ3n) is 4.71. The third-order valence-corrected chi connectivity index (χ3v) is 4.71. The second kappa shape index (κ2) is 7.92. The van der Waals surface area contributed by atoms with Crippen LogP contribution in [0.4, 0.5) is 0 Å². The Hall–Kier alpha value is -3.66. The molecule has 0 radical (unpaired) electrons. The van der Waals surface area contributed by atoms with Gasteiger partial charge in [-0.1, -0.05) is 12.1 Å². The van der Waals surface area contributed by atoms with Crippen molar-refractivity contribution in [3.05, 3.63) is 78.0 Å². The summed E-state index contributed by atoms with van der Waals surface area (Å²) >= 11 is 0. The van der Waals surface area contributed by atoms with Crippen molar-refractivity contribution in [1.82, 2.24) is 19.4 Å². The molecule has 1 fully saturated rings. The summed E-state index contributed by atoms with van der Waals surface area (Å²) in [6, 6.07) is 13.0. The maximum absolute atomic E-state index is 12.8. The molecule has 140 valence electrons. The van der Waals surface area contributed by atoms with E-state index in [0.717, 1.165) is 18.5 Å². The van der Waals surface area contributed by atoms with Crippen molar-refractivity contribution >= 4 is 5.91 Å². The minimum atomic E-state index is -0.120. The molecule has 28 heavy (non-hydrogen) atoms. The summed E-state index contributed by atoms with van der Waals surface area (Å²) in [6.07, 6.45) is 7.59. The number of likely N-dealkylation sites (tertiary alicyclic amines) is 1. The Balaban J connectivity index is 1.35. The Morgan fingerprint density at radius 1 is 1.25 bits per heavy atom. The molecule has 1 atom stereocenters. The van der Waals surface area contributed by atoms with E-state index in [4.69, 9.17) is 10.00 Å². The van der Waals surface area contributed by atoms with Crippen LogP contribution in [0.3, 0.4) is 0 Å². The van der Waals surface area contributed by atoms with Gasteiger partial charge in [0, 0.05) is 49.7 Å². The number of hydrogen-bond acceptors (Lipinski definition) is 5. The molecular formula is C21H19N5O2. The predicted molar refractivity (Wildman–Crippen MR) is 102 cm³/mol. The summed E-state index contributed by atoms with van der Waals surface area (Å²) in [7, 11) is 0. The molecule has 2 aromatic heterocycles. The molecule has 1 aliphatic rings. The summed E-state index contributed by atoms with van der Waals surface area (Å²) in [6.45, 7) is 1.87. The number of carbonyl (C=O) groups excluding carboxylic acids is 1. The fourth-order valence-corrected chi connectivity index (χ4v) is 3.25. The van der Waals surface area contributed by atoms with Crippen LogP contribution in [0.25, 0.3) is 0 Å². The first-order valence-electron chi connectivity index (χ1n) is 9.08. The molecule has 0 N–H and O–H groups in total. The molecule has 7 heteroatoms. The van der Waals surface area contributed by atoms with Crippen LogP contribution in [0.5, 0.6) is 5.88 Å². The van der Waals surface area contributed by atoms with Crippen LogP contribution in [0.1, 0.15) is 27.9 Å². The zero-order valence-electron chi connectivity index (χ0n) is 15.2. The van der Waals surface area contributed by atoms with Gasteiger partial charge in [0.05, 0.1) is 24.5 Å². The number of rotatable bonds is 5. The van der Waals surface area contributed by atoms with E-state index in [2.05, 4.69) is 16.0 Å². The number of imidazole rings is 1. The van der Waals surface area contributed by atoms with Gasteiger partial charge in [-0.25, -0.2) is 9.97 Å². The molecule has 3 heterocycles. The maximum atomic E-state index is 12.8. The summed E-state index contributed by atoms with van der Waals surface area (Å²) in [4.78, 5) is 22.7. The highest BCUT2D eigenvalue weighted by molar-refractivity contribution is 5.94. The van der Waals surface area contributed by atoms with Crippen molar-refractivity contribution in [3.8, 4) is 11.9 Å². The van der Waals surface area contributed by atoms with Crippen molar-refractivity contribution < 1.29 is 9.53 Å². The number of nitriles is 1. The Kier molecular flexibility index (Phi) is 5.02. The van der Waals surface area contributed by atoms with E-state index >= 15 is 0 Å². The van der Waals surface area contributed by atoms with Crippen molar-refractivity contribution in [1.29, 1.82) is 5.26 Å². The maximum Gasteiger partial charge on any atom is 0.253 e. The van der Waals surface area contributed by atoms with Crippen LogP contribution < -0.4 is 4.74 Å². The van der Waals surface area contributed by atoms with Gasteiger partial charge in [0.2, 0.25) is 5.88 Å². The molecule has 1 amide bonds. The van der Waals surface area contributed by atoms with Gasteiger partial charge in [-0.2, -0.15) is 5.26 Å². The Bertz CT molecular complexity index is 992. The molecule has 3 aromatic rings. The number of ether oxygens (including phenoxy) is 1. The number of benzene rings is 1. The highest BCUT2D eigenvalue weighted by atomic mass is 16.5. The van der Waals surface area contributed by atoms with Crippen LogP contribution in [0.2, 0.25) is 0 Å². The van der Waals surface area contributed by atoms with Crippen molar-refractivity contribution in [2.75, 3.05) is 13.1 Å². The second-order valence-electron chi connectivity index (χ2n) is 6.71. The fourth-order valence-electron chi connectivity index (χ4n) is 3.25. The quantitative estimate of drug-likeness (QED) is 0.686. The molecule has 0 saturated carbocycles. The highest BCUT2D eigenvalue weighted by Gasteiger charge is 2.28. The van der Waals surface area contributed by atoms with Gasteiger partial charge in [-0.05, 0) is 23.8 Å². The smallest absolute Gasteiger partial charge is 0.253 e. The van der Waals surface area contributed by atoms with E-state index in [0.29, 0.717) is 30.1 Å². The lowest BCUT2D eigenvalue weighted by Crippen LogP contribution is -2.31. The summed E-state index contributed by atoms with van der Waals surface area (Å²) in [5.74, 6) is 0.418. The molecular weight excluding hydrogens is 354 g/mol. The SMILES string of the molecule is N#Cc1ccnc(OC2CCN(C(=O)c3ccc(Cn4ccnc4)cc3)C2)c1. The normalized spacial score (nSPS) is 16.0.